The molecule has 1 aromatic heterocycles. The van der Waals surface area contributed by atoms with Gasteiger partial charge in [0.05, 0.1) is 12.2 Å². The summed E-state index contributed by atoms with van der Waals surface area (Å²) in [5.74, 6) is 0.810. The van der Waals surface area contributed by atoms with E-state index in [4.69, 9.17) is 9.84 Å². The third kappa shape index (κ3) is 7.51. The molecule has 2 N–H and O–H groups in total. The van der Waals surface area contributed by atoms with E-state index in [9.17, 15) is 0 Å². The highest BCUT2D eigenvalue weighted by Crippen LogP contribution is 2.14. The summed E-state index contributed by atoms with van der Waals surface area (Å²) in [4.78, 5) is 6.63. The minimum atomic E-state index is 0.704. The number of likely N-dealkylation sites (N-methyl/N-ethyl adjacent to an activating group) is 1. The van der Waals surface area contributed by atoms with E-state index in [-0.39, 0.29) is 0 Å². The van der Waals surface area contributed by atoms with E-state index in [0.717, 1.165) is 50.9 Å². The Kier molecular flexibility index (Phi) is 9.67. The Morgan fingerprint density at radius 2 is 1.93 bits per heavy atom. The summed E-state index contributed by atoms with van der Waals surface area (Å²) in [6, 6.07) is 10.4. The number of hydrogen-bond acceptors (Lipinski definition) is 4. The molecule has 160 valence electrons. The van der Waals surface area contributed by atoms with Crippen molar-refractivity contribution < 1.29 is 4.74 Å². The molecule has 1 heterocycles. The number of benzene rings is 1. The topological polar surface area (TPSA) is 66.7 Å². The predicted molar refractivity (Wildman–Crippen MR) is 119 cm³/mol. The standard InChI is InChI=1S/C22H36N6O/c1-18-21(19(2)28(26-18)17-20-10-7-6-8-11-20)16-25-22(23-3)24-12-14-27(4)13-9-15-29-5/h6-8,10-11H,9,12-17H2,1-5H3,(H2,23,24,25). The van der Waals surface area contributed by atoms with Crippen LogP contribution in [0.4, 0.5) is 0 Å². The van der Waals surface area contributed by atoms with Crippen molar-refractivity contribution in [3.8, 4) is 0 Å². The van der Waals surface area contributed by atoms with Gasteiger partial charge in [0.1, 0.15) is 0 Å². The molecule has 29 heavy (non-hydrogen) atoms. The first-order chi connectivity index (χ1) is 14.0. The molecule has 0 saturated heterocycles. The van der Waals surface area contributed by atoms with E-state index in [2.05, 4.69) is 70.4 Å². The Morgan fingerprint density at radius 3 is 2.62 bits per heavy atom. The highest BCUT2D eigenvalue weighted by molar-refractivity contribution is 5.79. The third-order valence-electron chi connectivity index (χ3n) is 5.04. The van der Waals surface area contributed by atoms with Gasteiger partial charge in [0.15, 0.2) is 5.96 Å². The molecule has 0 radical (unpaired) electrons. The van der Waals surface area contributed by atoms with Gasteiger partial charge in [-0.15, -0.1) is 0 Å². The Bertz CT molecular complexity index is 756. The number of nitrogens with zero attached hydrogens (tertiary/aromatic N) is 4. The predicted octanol–water partition coefficient (Wildman–Crippen LogP) is 2.18. The lowest BCUT2D eigenvalue weighted by molar-refractivity contribution is 0.180. The molecule has 0 aliphatic rings. The van der Waals surface area contributed by atoms with E-state index in [1.54, 1.807) is 14.2 Å². The minimum absolute atomic E-state index is 0.704. The Hall–Kier alpha value is -2.38. The number of hydrogen-bond donors (Lipinski definition) is 2. The van der Waals surface area contributed by atoms with Gasteiger partial charge in [0.2, 0.25) is 0 Å². The van der Waals surface area contributed by atoms with Crippen LogP contribution < -0.4 is 10.6 Å². The molecule has 2 aromatic rings. The molecule has 2 rings (SSSR count). The van der Waals surface area contributed by atoms with Crippen molar-refractivity contribution in [3.05, 3.63) is 52.8 Å². The first-order valence-electron chi connectivity index (χ1n) is 10.2. The van der Waals surface area contributed by atoms with Gasteiger partial charge < -0.3 is 20.3 Å². The molecule has 0 amide bonds. The van der Waals surface area contributed by atoms with Gasteiger partial charge in [-0.2, -0.15) is 5.10 Å². The van der Waals surface area contributed by atoms with E-state index in [1.807, 2.05) is 6.07 Å². The fourth-order valence-corrected chi connectivity index (χ4v) is 3.25. The lowest BCUT2D eigenvalue weighted by atomic mass is 10.2. The smallest absolute Gasteiger partial charge is 0.191 e. The molecule has 0 atom stereocenters. The second-order valence-electron chi connectivity index (χ2n) is 7.29. The van der Waals surface area contributed by atoms with Crippen molar-refractivity contribution in [1.82, 2.24) is 25.3 Å². The maximum atomic E-state index is 5.10. The first-order valence-corrected chi connectivity index (χ1v) is 10.2. The normalized spacial score (nSPS) is 11.9. The Balaban J connectivity index is 1.83. The molecule has 0 aliphatic carbocycles. The van der Waals surface area contributed by atoms with Crippen molar-refractivity contribution >= 4 is 5.96 Å². The third-order valence-corrected chi connectivity index (χ3v) is 5.04. The molecule has 0 saturated carbocycles. The van der Waals surface area contributed by atoms with Gasteiger partial charge in [-0.1, -0.05) is 30.3 Å². The number of aryl methyl sites for hydroxylation is 1. The van der Waals surface area contributed by atoms with Crippen molar-refractivity contribution in [2.24, 2.45) is 4.99 Å². The average molecular weight is 401 g/mol. The molecular formula is C22H36N6O. The van der Waals surface area contributed by atoms with Crippen LogP contribution in [0.2, 0.25) is 0 Å². The van der Waals surface area contributed by atoms with Gasteiger partial charge in [0, 0.05) is 58.2 Å². The largest absolute Gasteiger partial charge is 0.385 e. The van der Waals surface area contributed by atoms with E-state index < -0.39 is 0 Å². The van der Waals surface area contributed by atoms with Crippen LogP contribution in [0.25, 0.3) is 0 Å². The maximum Gasteiger partial charge on any atom is 0.191 e. The fraction of sp³-hybridized carbons (Fsp3) is 0.545. The number of guanidine groups is 1. The average Bonchev–Trinajstić information content (AvgIpc) is 2.98. The van der Waals surface area contributed by atoms with Crippen molar-refractivity contribution in [1.29, 1.82) is 0 Å². The SMILES string of the molecule is CN=C(NCCN(C)CCCOC)NCc1c(C)nn(Cc2ccccc2)c1C. The summed E-state index contributed by atoms with van der Waals surface area (Å²) in [5.41, 5.74) is 4.72. The van der Waals surface area contributed by atoms with Gasteiger partial charge in [0.25, 0.3) is 0 Å². The van der Waals surface area contributed by atoms with Crippen LogP contribution in [0, 0.1) is 13.8 Å². The van der Waals surface area contributed by atoms with Crippen molar-refractivity contribution in [2.75, 3.05) is 47.4 Å². The van der Waals surface area contributed by atoms with Gasteiger partial charge in [-0.3, -0.25) is 9.67 Å². The summed E-state index contributed by atoms with van der Waals surface area (Å²) >= 11 is 0. The number of aliphatic imine (C=N–C) groups is 1. The van der Waals surface area contributed by atoms with Gasteiger partial charge in [-0.05, 0) is 32.9 Å². The molecule has 7 heteroatoms. The van der Waals surface area contributed by atoms with Crippen LogP contribution in [0.15, 0.2) is 35.3 Å². The highest BCUT2D eigenvalue weighted by atomic mass is 16.5. The number of ether oxygens (including phenoxy) is 1. The van der Waals surface area contributed by atoms with E-state index in [0.29, 0.717) is 6.54 Å². The molecule has 0 unspecified atom stereocenters. The minimum Gasteiger partial charge on any atom is -0.385 e. The fourth-order valence-electron chi connectivity index (χ4n) is 3.25. The van der Waals surface area contributed by atoms with Crippen LogP contribution in [-0.2, 0) is 17.8 Å². The summed E-state index contributed by atoms with van der Waals surface area (Å²) in [7, 11) is 5.67. The van der Waals surface area contributed by atoms with Crippen molar-refractivity contribution in [3.63, 3.8) is 0 Å². The summed E-state index contributed by atoms with van der Waals surface area (Å²) in [5, 5.41) is 11.5. The van der Waals surface area contributed by atoms with Crippen LogP contribution >= 0.6 is 0 Å². The van der Waals surface area contributed by atoms with Crippen LogP contribution in [0.1, 0.15) is 28.9 Å². The number of rotatable bonds is 11. The van der Waals surface area contributed by atoms with Gasteiger partial charge >= 0.3 is 0 Å². The first kappa shape index (κ1) is 22.9. The zero-order chi connectivity index (χ0) is 21.1. The van der Waals surface area contributed by atoms with Gasteiger partial charge in [-0.25, -0.2) is 0 Å². The highest BCUT2D eigenvalue weighted by Gasteiger charge is 2.12. The lowest BCUT2D eigenvalue weighted by Gasteiger charge is -2.18. The Labute approximate surface area is 175 Å². The van der Waals surface area contributed by atoms with Crippen LogP contribution in [0.5, 0.6) is 0 Å². The second-order valence-corrected chi connectivity index (χ2v) is 7.29. The van der Waals surface area contributed by atoms with E-state index in [1.165, 1.54) is 16.8 Å². The van der Waals surface area contributed by atoms with E-state index >= 15 is 0 Å². The molecular weight excluding hydrogens is 364 g/mol. The molecule has 0 aliphatic heterocycles. The molecule has 0 bridgehead atoms. The molecule has 0 spiro atoms. The molecule has 1 aromatic carbocycles. The molecule has 7 nitrogen and oxygen atoms in total. The zero-order valence-electron chi connectivity index (χ0n) is 18.5. The summed E-state index contributed by atoms with van der Waals surface area (Å²) in [6.45, 7) is 9.32. The van der Waals surface area contributed by atoms with Crippen LogP contribution in [0.3, 0.4) is 0 Å². The zero-order valence-corrected chi connectivity index (χ0v) is 18.5. The number of nitrogens with one attached hydrogen (secondary N) is 2. The Morgan fingerprint density at radius 1 is 1.17 bits per heavy atom. The second kappa shape index (κ2) is 12.2. The lowest BCUT2D eigenvalue weighted by Crippen LogP contribution is -2.40. The van der Waals surface area contributed by atoms with Crippen molar-refractivity contribution in [2.45, 2.75) is 33.4 Å². The molecule has 0 fully saturated rings. The summed E-state index contributed by atoms with van der Waals surface area (Å²) in [6.07, 6.45) is 1.05. The van der Waals surface area contributed by atoms with Crippen LogP contribution in [-0.4, -0.2) is 68.1 Å². The maximum absolute atomic E-state index is 5.10. The number of methoxy groups -OCH3 is 1. The monoisotopic (exact) mass is 400 g/mol. The summed E-state index contributed by atoms with van der Waals surface area (Å²) < 4.78 is 7.18. The number of aromatic nitrogens is 2. The quantitative estimate of drug-likeness (QED) is 0.344.